The van der Waals surface area contributed by atoms with Crippen molar-refractivity contribution in [2.45, 2.75) is 11.4 Å². The minimum atomic E-state index is -3.24. The highest BCUT2D eigenvalue weighted by Gasteiger charge is 2.11. The quantitative estimate of drug-likeness (QED) is 0.568. The zero-order valence-electron chi connectivity index (χ0n) is 13.8. The normalized spacial score (nSPS) is 11.7. The van der Waals surface area contributed by atoms with Gasteiger partial charge in [0.2, 0.25) is 0 Å². The molecule has 9 heteroatoms. The van der Waals surface area contributed by atoms with Crippen LogP contribution >= 0.6 is 11.3 Å². The molecule has 132 valence electrons. The molecule has 0 atom stereocenters. The van der Waals surface area contributed by atoms with Crippen molar-refractivity contribution in [3.63, 3.8) is 0 Å². The summed E-state index contributed by atoms with van der Waals surface area (Å²) in [5.41, 5.74) is 1.97. The van der Waals surface area contributed by atoms with Crippen LogP contribution < -0.4 is 5.32 Å². The van der Waals surface area contributed by atoms with Crippen LogP contribution in [-0.2, 0) is 16.4 Å². The van der Waals surface area contributed by atoms with Gasteiger partial charge < -0.3 is 5.32 Å². The molecule has 0 amide bonds. The van der Waals surface area contributed by atoms with Crippen molar-refractivity contribution >= 4 is 38.2 Å². The molecule has 0 fully saturated rings. The lowest BCUT2D eigenvalue weighted by atomic mass is 10.3. The Bertz CT molecular complexity index is 1150. The molecular formula is C17H15N5O2S2. The Morgan fingerprint density at radius 3 is 2.62 bits per heavy atom. The first-order valence-electron chi connectivity index (χ1n) is 7.80. The number of hydrogen-bond donors (Lipinski definition) is 1. The van der Waals surface area contributed by atoms with Crippen LogP contribution in [0, 0.1) is 0 Å². The molecule has 0 unspecified atom stereocenters. The summed E-state index contributed by atoms with van der Waals surface area (Å²) >= 11 is 1.68. The fourth-order valence-corrected chi connectivity index (χ4v) is 3.78. The van der Waals surface area contributed by atoms with E-state index < -0.39 is 9.84 Å². The van der Waals surface area contributed by atoms with E-state index in [1.165, 1.54) is 11.1 Å². The average molecular weight is 385 g/mol. The molecular weight excluding hydrogens is 370 g/mol. The molecule has 3 aromatic heterocycles. The van der Waals surface area contributed by atoms with E-state index >= 15 is 0 Å². The molecule has 0 saturated carbocycles. The first-order valence-corrected chi connectivity index (χ1v) is 10.6. The fourth-order valence-electron chi connectivity index (χ4n) is 2.51. The highest BCUT2D eigenvalue weighted by molar-refractivity contribution is 7.90. The summed E-state index contributed by atoms with van der Waals surface area (Å²) < 4.78 is 24.8. The fraction of sp³-hybridized carbons (Fsp3) is 0.118. The summed E-state index contributed by atoms with van der Waals surface area (Å²) in [5.74, 6) is 0.724. The highest BCUT2D eigenvalue weighted by Crippen LogP contribution is 2.19. The number of benzene rings is 1. The van der Waals surface area contributed by atoms with Crippen molar-refractivity contribution in [2.24, 2.45) is 0 Å². The zero-order chi connectivity index (χ0) is 18.1. The summed E-state index contributed by atoms with van der Waals surface area (Å²) in [4.78, 5) is 6.07. The lowest BCUT2D eigenvalue weighted by molar-refractivity contribution is 0.602. The van der Waals surface area contributed by atoms with E-state index in [9.17, 15) is 8.42 Å². The van der Waals surface area contributed by atoms with Crippen LogP contribution in [-0.4, -0.2) is 34.7 Å². The van der Waals surface area contributed by atoms with Gasteiger partial charge in [-0.3, -0.25) is 0 Å². The Balaban J connectivity index is 1.66. The monoisotopic (exact) mass is 385 g/mol. The van der Waals surface area contributed by atoms with Crippen molar-refractivity contribution in [3.05, 3.63) is 58.8 Å². The predicted molar refractivity (Wildman–Crippen MR) is 101 cm³/mol. The number of rotatable bonds is 5. The van der Waals surface area contributed by atoms with Gasteiger partial charge in [0.1, 0.15) is 11.3 Å². The molecule has 4 rings (SSSR count). The van der Waals surface area contributed by atoms with Crippen molar-refractivity contribution < 1.29 is 8.42 Å². The molecule has 3 heterocycles. The largest absolute Gasteiger partial charge is 0.365 e. The number of hydrogen-bond acceptors (Lipinski definition) is 7. The molecule has 0 radical (unpaired) electrons. The lowest BCUT2D eigenvalue weighted by Crippen LogP contribution is -2.03. The SMILES string of the molecule is CS(=O)(=O)c1ccc(-n2nnc3ccc(NCc4cccs4)nc32)cc1. The third-order valence-electron chi connectivity index (χ3n) is 3.83. The van der Waals surface area contributed by atoms with E-state index in [1.54, 1.807) is 40.3 Å². The maximum Gasteiger partial charge on any atom is 0.185 e. The number of thiophene rings is 1. The number of sulfone groups is 1. The first kappa shape index (κ1) is 16.7. The molecule has 0 aliphatic rings. The van der Waals surface area contributed by atoms with Gasteiger partial charge in [-0.1, -0.05) is 11.3 Å². The number of anilines is 1. The topological polar surface area (TPSA) is 89.8 Å². The Kier molecular flexibility index (Phi) is 4.17. The minimum Gasteiger partial charge on any atom is -0.365 e. The van der Waals surface area contributed by atoms with Crippen LogP contribution in [0.4, 0.5) is 5.82 Å². The summed E-state index contributed by atoms with van der Waals surface area (Å²) in [7, 11) is -3.24. The third-order valence-corrected chi connectivity index (χ3v) is 5.84. The summed E-state index contributed by atoms with van der Waals surface area (Å²) in [6.07, 6.45) is 1.18. The van der Waals surface area contributed by atoms with E-state index in [2.05, 4.69) is 26.7 Å². The average Bonchev–Trinajstić information content (AvgIpc) is 3.28. The smallest absolute Gasteiger partial charge is 0.185 e. The molecule has 1 aromatic carbocycles. The van der Waals surface area contributed by atoms with E-state index in [0.717, 1.165) is 5.82 Å². The van der Waals surface area contributed by atoms with Gasteiger partial charge in [0, 0.05) is 11.1 Å². The molecule has 0 spiro atoms. The zero-order valence-corrected chi connectivity index (χ0v) is 15.5. The van der Waals surface area contributed by atoms with Gasteiger partial charge in [-0.15, -0.1) is 16.4 Å². The van der Waals surface area contributed by atoms with E-state index in [1.807, 2.05) is 23.6 Å². The molecule has 0 saturated heterocycles. The first-order chi connectivity index (χ1) is 12.5. The molecule has 1 N–H and O–H groups in total. The maximum atomic E-state index is 11.6. The van der Waals surface area contributed by atoms with Gasteiger partial charge >= 0.3 is 0 Å². The van der Waals surface area contributed by atoms with Crippen LogP contribution in [0.1, 0.15) is 4.88 Å². The molecule has 0 aliphatic heterocycles. The Hall–Kier alpha value is -2.78. The second kappa shape index (κ2) is 6.50. The third kappa shape index (κ3) is 3.31. The second-order valence-corrected chi connectivity index (χ2v) is 8.79. The molecule has 7 nitrogen and oxygen atoms in total. The number of aromatic nitrogens is 4. The van der Waals surface area contributed by atoms with Crippen LogP contribution in [0.5, 0.6) is 0 Å². The number of nitrogens with zero attached hydrogens (tertiary/aromatic N) is 4. The van der Waals surface area contributed by atoms with E-state index in [0.29, 0.717) is 23.4 Å². The van der Waals surface area contributed by atoms with E-state index in [4.69, 9.17) is 0 Å². The van der Waals surface area contributed by atoms with Gasteiger partial charge in [-0.05, 0) is 47.8 Å². The van der Waals surface area contributed by atoms with Crippen molar-refractivity contribution in [3.8, 4) is 5.69 Å². The van der Waals surface area contributed by atoms with Gasteiger partial charge in [-0.2, -0.15) is 4.68 Å². The van der Waals surface area contributed by atoms with Crippen LogP contribution in [0.3, 0.4) is 0 Å². The number of pyridine rings is 1. The molecule has 0 aliphatic carbocycles. The minimum absolute atomic E-state index is 0.261. The number of nitrogens with one attached hydrogen (secondary N) is 1. The van der Waals surface area contributed by atoms with E-state index in [-0.39, 0.29) is 4.90 Å². The van der Waals surface area contributed by atoms with Crippen LogP contribution in [0.15, 0.2) is 58.8 Å². The molecule has 26 heavy (non-hydrogen) atoms. The maximum absolute atomic E-state index is 11.6. The second-order valence-electron chi connectivity index (χ2n) is 5.74. The van der Waals surface area contributed by atoms with Crippen molar-refractivity contribution in [1.82, 2.24) is 20.0 Å². The number of fused-ring (bicyclic) bond motifs is 1. The predicted octanol–water partition coefficient (Wildman–Crippen LogP) is 2.89. The Morgan fingerprint density at radius 2 is 1.92 bits per heavy atom. The highest BCUT2D eigenvalue weighted by atomic mass is 32.2. The Morgan fingerprint density at radius 1 is 1.12 bits per heavy atom. The standard InChI is InChI=1S/C17H15N5O2S2/c1-26(23,24)14-6-4-12(5-7-14)22-17-15(20-21-22)8-9-16(19-17)18-11-13-3-2-10-25-13/h2-10H,11H2,1H3,(H,18,19). The lowest BCUT2D eigenvalue weighted by Gasteiger charge is -2.06. The summed E-state index contributed by atoms with van der Waals surface area (Å²) in [6, 6.07) is 14.3. The van der Waals surface area contributed by atoms with Gasteiger partial charge in [0.15, 0.2) is 15.5 Å². The Labute approximate surface area is 154 Å². The van der Waals surface area contributed by atoms with Gasteiger partial charge in [0.05, 0.1) is 17.1 Å². The molecule has 4 aromatic rings. The summed E-state index contributed by atoms with van der Waals surface area (Å²) in [6.45, 7) is 0.695. The van der Waals surface area contributed by atoms with Crippen molar-refractivity contribution in [1.29, 1.82) is 0 Å². The van der Waals surface area contributed by atoms with Crippen LogP contribution in [0.25, 0.3) is 16.9 Å². The van der Waals surface area contributed by atoms with Gasteiger partial charge in [-0.25, -0.2) is 13.4 Å². The summed E-state index contributed by atoms with van der Waals surface area (Å²) in [5, 5.41) is 13.6. The molecule has 0 bridgehead atoms. The van der Waals surface area contributed by atoms with Crippen molar-refractivity contribution in [2.75, 3.05) is 11.6 Å². The van der Waals surface area contributed by atoms with Gasteiger partial charge in [0.25, 0.3) is 0 Å². The van der Waals surface area contributed by atoms with Crippen LogP contribution in [0.2, 0.25) is 0 Å².